The average molecular weight is 314 g/mol. The first kappa shape index (κ1) is 15.1. The topological polar surface area (TPSA) is 87.5 Å². The predicted molar refractivity (Wildman–Crippen MR) is 85.0 cm³/mol. The lowest BCUT2D eigenvalue weighted by atomic mass is 10.1. The maximum atomic E-state index is 12.2. The normalized spacial score (nSPS) is 13.6. The van der Waals surface area contributed by atoms with E-state index in [0.717, 1.165) is 24.0 Å². The summed E-state index contributed by atoms with van der Waals surface area (Å²) in [6.07, 6.45) is 5.41. The molecular weight excluding hydrogens is 296 g/mol. The van der Waals surface area contributed by atoms with E-state index >= 15 is 0 Å². The molecule has 1 aromatic carbocycles. The molecule has 0 bridgehead atoms. The van der Waals surface area contributed by atoms with Gasteiger partial charge in [0.25, 0.3) is 0 Å². The average Bonchev–Trinajstić information content (AvgIpc) is 3.26. The molecule has 0 saturated heterocycles. The van der Waals surface area contributed by atoms with Crippen LogP contribution in [0.1, 0.15) is 12.8 Å². The van der Waals surface area contributed by atoms with Gasteiger partial charge >= 0.3 is 12.0 Å². The van der Waals surface area contributed by atoms with Crippen LogP contribution in [0, 0.1) is 0 Å². The molecular formula is C16H18N4O3. The molecule has 1 aliphatic carbocycles. The molecule has 2 amide bonds. The number of rotatable bonds is 5. The van der Waals surface area contributed by atoms with Gasteiger partial charge in [0.2, 0.25) is 0 Å². The first-order valence-electron chi connectivity index (χ1n) is 7.41. The van der Waals surface area contributed by atoms with Crippen LogP contribution in [0.15, 0.2) is 36.7 Å². The second-order valence-electron chi connectivity index (χ2n) is 5.66. The van der Waals surface area contributed by atoms with Crippen molar-refractivity contribution < 1.29 is 14.7 Å². The highest BCUT2D eigenvalue weighted by atomic mass is 16.4. The summed E-state index contributed by atoms with van der Waals surface area (Å²) in [7, 11) is 1.85. The van der Waals surface area contributed by atoms with Crippen molar-refractivity contribution in [3.63, 3.8) is 0 Å². The number of aliphatic carboxylic acids is 1. The van der Waals surface area contributed by atoms with Crippen LogP contribution < -0.4 is 5.32 Å². The van der Waals surface area contributed by atoms with Gasteiger partial charge in [-0.3, -0.25) is 9.48 Å². The molecule has 0 atom stereocenters. The van der Waals surface area contributed by atoms with Gasteiger partial charge in [-0.1, -0.05) is 12.1 Å². The molecule has 0 unspecified atom stereocenters. The second-order valence-corrected chi connectivity index (χ2v) is 5.66. The fourth-order valence-corrected chi connectivity index (χ4v) is 2.41. The molecule has 120 valence electrons. The summed E-state index contributed by atoms with van der Waals surface area (Å²) in [6, 6.07) is 7.05. The molecule has 1 heterocycles. The molecule has 0 spiro atoms. The van der Waals surface area contributed by atoms with Crippen molar-refractivity contribution >= 4 is 17.7 Å². The highest BCUT2D eigenvalue weighted by Crippen LogP contribution is 2.27. The molecule has 1 aliphatic rings. The van der Waals surface area contributed by atoms with Crippen molar-refractivity contribution in [3.8, 4) is 11.1 Å². The van der Waals surface area contributed by atoms with Gasteiger partial charge in [-0.25, -0.2) is 4.79 Å². The molecule has 7 nitrogen and oxygen atoms in total. The minimum atomic E-state index is -1.00. The van der Waals surface area contributed by atoms with Gasteiger partial charge in [0, 0.05) is 30.5 Å². The van der Waals surface area contributed by atoms with Gasteiger partial charge < -0.3 is 15.3 Å². The van der Waals surface area contributed by atoms with E-state index in [4.69, 9.17) is 5.11 Å². The lowest BCUT2D eigenvalue weighted by Gasteiger charge is -2.20. The summed E-state index contributed by atoms with van der Waals surface area (Å²) < 4.78 is 1.73. The van der Waals surface area contributed by atoms with Crippen LogP contribution in [0.4, 0.5) is 10.5 Å². The zero-order valence-electron chi connectivity index (χ0n) is 12.8. The van der Waals surface area contributed by atoms with Crippen LogP contribution in [-0.2, 0) is 11.8 Å². The van der Waals surface area contributed by atoms with E-state index in [1.807, 2.05) is 25.4 Å². The zero-order valence-corrected chi connectivity index (χ0v) is 12.8. The van der Waals surface area contributed by atoms with Crippen LogP contribution in [0.25, 0.3) is 11.1 Å². The molecule has 7 heteroatoms. The summed E-state index contributed by atoms with van der Waals surface area (Å²) in [6.45, 7) is -0.274. The van der Waals surface area contributed by atoms with Gasteiger partial charge in [-0.05, 0) is 30.5 Å². The second kappa shape index (κ2) is 6.12. The van der Waals surface area contributed by atoms with E-state index in [1.54, 1.807) is 23.0 Å². The largest absolute Gasteiger partial charge is 0.480 e. The number of urea groups is 1. The Balaban J connectivity index is 1.67. The Hall–Kier alpha value is -2.83. The summed E-state index contributed by atoms with van der Waals surface area (Å²) in [5.74, 6) is -1.00. The number of aryl methyl sites for hydroxylation is 1. The minimum Gasteiger partial charge on any atom is -0.480 e. The number of nitrogens with one attached hydrogen (secondary N) is 1. The van der Waals surface area contributed by atoms with E-state index in [9.17, 15) is 9.59 Å². The Kier molecular flexibility index (Phi) is 4.01. The highest BCUT2D eigenvalue weighted by molar-refractivity contribution is 5.92. The SMILES string of the molecule is Cn1cc(-c2ccc(NC(=O)N(CC(=O)O)C3CC3)cc2)cn1. The molecule has 23 heavy (non-hydrogen) atoms. The maximum absolute atomic E-state index is 12.2. The van der Waals surface area contributed by atoms with Crippen LogP contribution in [0.3, 0.4) is 0 Å². The molecule has 1 aromatic heterocycles. The number of benzene rings is 1. The van der Waals surface area contributed by atoms with E-state index in [0.29, 0.717) is 5.69 Å². The number of carboxylic acid groups (broad SMARTS) is 1. The Bertz CT molecular complexity index is 719. The van der Waals surface area contributed by atoms with E-state index < -0.39 is 5.97 Å². The van der Waals surface area contributed by atoms with Crippen molar-refractivity contribution in [2.45, 2.75) is 18.9 Å². The van der Waals surface area contributed by atoms with Crippen LogP contribution in [0.2, 0.25) is 0 Å². The quantitative estimate of drug-likeness (QED) is 0.885. The van der Waals surface area contributed by atoms with Crippen LogP contribution in [0.5, 0.6) is 0 Å². The van der Waals surface area contributed by atoms with Gasteiger partial charge in [0.1, 0.15) is 6.54 Å². The number of amides is 2. The molecule has 1 saturated carbocycles. The third-order valence-corrected chi connectivity index (χ3v) is 3.73. The number of nitrogens with zero attached hydrogens (tertiary/aromatic N) is 3. The fourth-order valence-electron chi connectivity index (χ4n) is 2.41. The lowest BCUT2D eigenvalue weighted by Crippen LogP contribution is -2.40. The Morgan fingerprint density at radius 2 is 2.00 bits per heavy atom. The first-order valence-corrected chi connectivity index (χ1v) is 7.41. The highest BCUT2D eigenvalue weighted by Gasteiger charge is 2.33. The monoisotopic (exact) mass is 314 g/mol. The lowest BCUT2D eigenvalue weighted by molar-refractivity contribution is -0.137. The summed E-state index contributed by atoms with van der Waals surface area (Å²) in [4.78, 5) is 24.5. The van der Waals surface area contributed by atoms with Crippen molar-refractivity contribution in [2.24, 2.45) is 7.05 Å². The molecule has 1 fully saturated rings. The number of carboxylic acids is 1. The summed E-state index contributed by atoms with van der Waals surface area (Å²) in [5.41, 5.74) is 2.63. The standard InChI is InChI=1S/C16H18N4O3/c1-19-9-12(8-17-19)11-2-4-13(5-3-11)18-16(23)20(10-15(21)22)14-6-7-14/h2-5,8-9,14H,6-7,10H2,1H3,(H,18,23)(H,21,22). The Labute approximate surface area is 133 Å². The van der Waals surface area contributed by atoms with Gasteiger partial charge in [-0.15, -0.1) is 0 Å². The number of anilines is 1. The van der Waals surface area contributed by atoms with E-state index in [2.05, 4.69) is 10.4 Å². The van der Waals surface area contributed by atoms with E-state index in [-0.39, 0.29) is 18.6 Å². The van der Waals surface area contributed by atoms with Crippen LogP contribution >= 0.6 is 0 Å². The smallest absolute Gasteiger partial charge is 0.323 e. The summed E-state index contributed by atoms with van der Waals surface area (Å²) in [5, 5.41) is 15.8. The first-order chi connectivity index (χ1) is 11.0. The zero-order chi connectivity index (χ0) is 16.4. The van der Waals surface area contributed by atoms with Gasteiger partial charge in [0.15, 0.2) is 0 Å². The van der Waals surface area contributed by atoms with Gasteiger partial charge in [0.05, 0.1) is 6.20 Å². The van der Waals surface area contributed by atoms with Crippen molar-refractivity contribution in [3.05, 3.63) is 36.7 Å². The van der Waals surface area contributed by atoms with Crippen molar-refractivity contribution in [2.75, 3.05) is 11.9 Å². The number of aromatic nitrogens is 2. The number of carbonyl (C=O) groups excluding carboxylic acids is 1. The fraction of sp³-hybridized carbons (Fsp3) is 0.312. The predicted octanol–water partition coefficient (Wildman–Crippen LogP) is 2.17. The number of hydrogen-bond donors (Lipinski definition) is 2. The Morgan fingerprint density at radius 1 is 1.30 bits per heavy atom. The third-order valence-electron chi connectivity index (χ3n) is 3.73. The van der Waals surface area contributed by atoms with Crippen molar-refractivity contribution in [1.29, 1.82) is 0 Å². The number of hydrogen-bond acceptors (Lipinski definition) is 3. The van der Waals surface area contributed by atoms with Crippen molar-refractivity contribution in [1.82, 2.24) is 14.7 Å². The number of carbonyl (C=O) groups is 2. The van der Waals surface area contributed by atoms with Gasteiger partial charge in [-0.2, -0.15) is 5.10 Å². The molecule has 2 aromatic rings. The summed E-state index contributed by atoms with van der Waals surface area (Å²) >= 11 is 0. The molecule has 2 N–H and O–H groups in total. The molecule has 3 rings (SSSR count). The van der Waals surface area contributed by atoms with E-state index in [1.165, 1.54) is 4.90 Å². The Morgan fingerprint density at radius 3 is 2.52 bits per heavy atom. The minimum absolute atomic E-state index is 0.0424. The molecule has 0 radical (unpaired) electrons. The molecule has 0 aliphatic heterocycles. The third kappa shape index (κ3) is 3.68. The van der Waals surface area contributed by atoms with Crippen LogP contribution in [-0.4, -0.2) is 44.4 Å². The maximum Gasteiger partial charge on any atom is 0.323 e.